The minimum absolute atomic E-state index is 0.171. The van der Waals surface area contributed by atoms with Crippen LogP contribution >= 0.6 is 0 Å². The van der Waals surface area contributed by atoms with Crippen LogP contribution in [-0.4, -0.2) is 47.0 Å². The highest BCUT2D eigenvalue weighted by Gasteiger charge is 2.36. The highest BCUT2D eigenvalue weighted by molar-refractivity contribution is 5.85. The average molecular weight is 350 g/mol. The largest absolute Gasteiger partial charge is 0.444 e. The normalized spacial score (nSPS) is 18.0. The molecule has 1 aliphatic heterocycles. The minimum atomic E-state index is -0.610. The van der Waals surface area contributed by atoms with Gasteiger partial charge in [-0.05, 0) is 46.1 Å². The van der Waals surface area contributed by atoms with Crippen LogP contribution in [-0.2, 0) is 16.1 Å². The second-order valence-corrected chi connectivity index (χ2v) is 7.47. The first-order valence-electron chi connectivity index (χ1n) is 8.67. The third-order valence-corrected chi connectivity index (χ3v) is 4.16. The Morgan fingerprint density at radius 2 is 1.96 bits per heavy atom. The highest BCUT2D eigenvalue weighted by atomic mass is 19.1. The lowest BCUT2D eigenvalue weighted by atomic mass is 10.0. The maximum Gasteiger partial charge on any atom is 0.410 e. The average Bonchev–Trinajstić information content (AvgIpc) is 2.54. The molecule has 1 heterocycles. The molecule has 25 heavy (non-hydrogen) atoms. The number of carbonyl (C=O) groups is 2. The predicted molar refractivity (Wildman–Crippen MR) is 93.5 cm³/mol. The molecule has 0 aliphatic carbocycles. The van der Waals surface area contributed by atoms with Gasteiger partial charge in [0.15, 0.2) is 0 Å². The summed E-state index contributed by atoms with van der Waals surface area (Å²) in [4.78, 5) is 28.3. The Kier molecular flexibility index (Phi) is 6.03. The zero-order chi connectivity index (χ0) is 18.6. The molecule has 0 radical (unpaired) electrons. The zero-order valence-electron chi connectivity index (χ0n) is 15.4. The third kappa shape index (κ3) is 5.18. The maximum absolute atomic E-state index is 13.8. The number of hydrogen-bond acceptors (Lipinski definition) is 3. The summed E-state index contributed by atoms with van der Waals surface area (Å²) in [7, 11) is 1.64. The van der Waals surface area contributed by atoms with Gasteiger partial charge < -0.3 is 9.64 Å². The Bertz CT molecular complexity index is 627. The van der Waals surface area contributed by atoms with E-state index in [4.69, 9.17) is 4.74 Å². The lowest BCUT2D eigenvalue weighted by Crippen LogP contribution is -2.53. The highest BCUT2D eigenvalue weighted by Crippen LogP contribution is 2.22. The molecule has 0 N–H and O–H groups in total. The van der Waals surface area contributed by atoms with E-state index in [-0.39, 0.29) is 18.3 Å². The van der Waals surface area contributed by atoms with Gasteiger partial charge in [-0.1, -0.05) is 18.2 Å². The van der Waals surface area contributed by atoms with Gasteiger partial charge in [0.1, 0.15) is 17.5 Å². The van der Waals surface area contributed by atoms with Crippen LogP contribution in [0, 0.1) is 5.82 Å². The molecule has 1 aromatic rings. The molecule has 1 saturated heterocycles. The molecule has 1 aromatic carbocycles. The van der Waals surface area contributed by atoms with E-state index in [2.05, 4.69) is 0 Å². The van der Waals surface area contributed by atoms with Crippen molar-refractivity contribution in [1.29, 1.82) is 0 Å². The van der Waals surface area contributed by atoms with Crippen molar-refractivity contribution in [3.05, 3.63) is 35.6 Å². The number of piperidine rings is 1. The van der Waals surface area contributed by atoms with Gasteiger partial charge >= 0.3 is 6.09 Å². The molecule has 2 amide bonds. The van der Waals surface area contributed by atoms with Gasteiger partial charge in [0.2, 0.25) is 5.91 Å². The van der Waals surface area contributed by atoms with Gasteiger partial charge in [0.05, 0.1) is 0 Å². The van der Waals surface area contributed by atoms with Gasteiger partial charge in [-0.25, -0.2) is 9.18 Å². The number of amides is 2. The summed E-state index contributed by atoms with van der Waals surface area (Å²) in [5, 5.41) is 0. The predicted octanol–water partition coefficient (Wildman–Crippen LogP) is 3.57. The number of likely N-dealkylation sites (N-methyl/N-ethyl adjacent to an activating group) is 1. The summed E-state index contributed by atoms with van der Waals surface area (Å²) in [5.41, 5.74) is -0.153. The van der Waals surface area contributed by atoms with Gasteiger partial charge in [0.25, 0.3) is 0 Å². The molecular formula is C19H27FN2O3. The number of rotatable bonds is 3. The summed E-state index contributed by atoms with van der Waals surface area (Å²) in [5.74, 6) is -0.524. The summed E-state index contributed by atoms with van der Waals surface area (Å²) in [6.07, 6.45) is 1.85. The molecule has 2 rings (SSSR count). The van der Waals surface area contributed by atoms with Crippen LogP contribution in [0.4, 0.5) is 9.18 Å². The Hall–Kier alpha value is -2.11. The van der Waals surface area contributed by atoms with Gasteiger partial charge in [-0.2, -0.15) is 0 Å². The van der Waals surface area contributed by atoms with Crippen molar-refractivity contribution in [3.63, 3.8) is 0 Å². The van der Waals surface area contributed by atoms with Crippen LogP contribution in [0.15, 0.2) is 24.3 Å². The van der Waals surface area contributed by atoms with Crippen molar-refractivity contribution in [1.82, 2.24) is 9.80 Å². The zero-order valence-corrected chi connectivity index (χ0v) is 15.4. The van der Waals surface area contributed by atoms with Crippen LogP contribution in [0.25, 0.3) is 0 Å². The van der Waals surface area contributed by atoms with E-state index in [0.29, 0.717) is 18.5 Å². The molecule has 138 valence electrons. The van der Waals surface area contributed by atoms with E-state index in [1.54, 1.807) is 46.0 Å². The Morgan fingerprint density at radius 3 is 2.60 bits per heavy atom. The van der Waals surface area contributed by atoms with Gasteiger partial charge in [0, 0.05) is 25.7 Å². The van der Waals surface area contributed by atoms with Crippen molar-refractivity contribution in [2.45, 2.75) is 58.2 Å². The quantitative estimate of drug-likeness (QED) is 0.837. The number of hydrogen-bond donors (Lipinski definition) is 0. The third-order valence-electron chi connectivity index (χ3n) is 4.16. The minimum Gasteiger partial charge on any atom is -0.444 e. The van der Waals surface area contributed by atoms with Crippen LogP contribution in [0.2, 0.25) is 0 Å². The van der Waals surface area contributed by atoms with E-state index < -0.39 is 17.7 Å². The van der Waals surface area contributed by atoms with Crippen molar-refractivity contribution in [2.75, 3.05) is 13.6 Å². The number of ether oxygens (including phenoxy) is 1. The fourth-order valence-corrected chi connectivity index (χ4v) is 2.94. The van der Waals surface area contributed by atoms with Crippen LogP contribution in [0.5, 0.6) is 0 Å². The summed E-state index contributed by atoms with van der Waals surface area (Å²) in [6, 6.07) is 5.84. The number of likely N-dealkylation sites (tertiary alicyclic amines) is 1. The van der Waals surface area contributed by atoms with Crippen molar-refractivity contribution in [3.8, 4) is 0 Å². The summed E-state index contributed by atoms with van der Waals surface area (Å²) >= 11 is 0. The fourth-order valence-electron chi connectivity index (χ4n) is 2.94. The molecular weight excluding hydrogens is 323 g/mol. The smallest absolute Gasteiger partial charge is 0.410 e. The number of benzene rings is 1. The first-order valence-corrected chi connectivity index (χ1v) is 8.67. The first kappa shape index (κ1) is 19.2. The first-order chi connectivity index (χ1) is 11.7. The van der Waals surface area contributed by atoms with Crippen molar-refractivity contribution in [2.24, 2.45) is 0 Å². The molecule has 1 aliphatic rings. The topological polar surface area (TPSA) is 49.9 Å². The Labute approximate surface area is 148 Å². The fraction of sp³-hybridized carbons (Fsp3) is 0.579. The number of halogens is 1. The molecule has 0 spiro atoms. The second kappa shape index (κ2) is 7.85. The molecule has 1 atom stereocenters. The lowest BCUT2D eigenvalue weighted by Gasteiger charge is -2.37. The van der Waals surface area contributed by atoms with E-state index in [1.807, 2.05) is 0 Å². The van der Waals surface area contributed by atoms with E-state index in [1.165, 1.54) is 15.9 Å². The van der Waals surface area contributed by atoms with E-state index >= 15 is 0 Å². The summed E-state index contributed by atoms with van der Waals surface area (Å²) in [6.45, 7) is 6.07. The molecule has 0 saturated carbocycles. The van der Waals surface area contributed by atoms with E-state index in [0.717, 1.165) is 12.8 Å². The van der Waals surface area contributed by atoms with Crippen molar-refractivity contribution < 1.29 is 18.7 Å². The Balaban J connectivity index is 2.09. The monoisotopic (exact) mass is 350 g/mol. The molecule has 6 heteroatoms. The van der Waals surface area contributed by atoms with Gasteiger partial charge in [-0.15, -0.1) is 0 Å². The Morgan fingerprint density at radius 1 is 1.28 bits per heavy atom. The lowest BCUT2D eigenvalue weighted by molar-refractivity contribution is -0.137. The molecule has 0 aromatic heterocycles. The number of carbonyl (C=O) groups excluding carboxylic acids is 2. The van der Waals surface area contributed by atoms with Crippen LogP contribution < -0.4 is 0 Å². The standard InChI is InChI=1S/C19H27FN2O3/c1-19(2,3)25-18(24)22-12-8-7-11-16(22)17(23)21(4)13-14-9-5-6-10-15(14)20/h5-6,9-10,16H,7-8,11-13H2,1-4H3/t16-/m0/s1. The van der Waals surface area contributed by atoms with Gasteiger partial charge in [-0.3, -0.25) is 9.69 Å². The number of nitrogens with zero attached hydrogens (tertiary/aromatic N) is 2. The molecule has 1 fully saturated rings. The molecule has 5 nitrogen and oxygen atoms in total. The SMILES string of the molecule is CN(Cc1ccccc1F)C(=O)[C@@H]1CCCCN1C(=O)OC(C)(C)C. The molecule has 0 unspecified atom stereocenters. The van der Waals surface area contributed by atoms with Crippen molar-refractivity contribution >= 4 is 12.0 Å². The summed E-state index contributed by atoms with van der Waals surface area (Å²) < 4.78 is 19.3. The molecule has 0 bridgehead atoms. The van der Waals surface area contributed by atoms with Crippen LogP contribution in [0.1, 0.15) is 45.6 Å². The second-order valence-electron chi connectivity index (χ2n) is 7.47. The van der Waals surface area contributed by atoms with Crippen LogP contribution in [0.3, 0.4) is 0 Å². The van der Waals surface area contributed by atoms with E-state index in [9.17, 15) is 14.0 Å². The maximum atomic E-state index is 13.8.